The van der Waals surface area contributed by atoms with Gasteiger partial charge in [-0.3, -0.25) is 4.79 Å². The Balaban J connectivity index is 1.73. The van der Waals surface area contributed by atoms with Crippen LogP contribution >= 0.6 is 11.6 Å². The molecule has 30 heavy (non-hydrogen) atoms. The largest absolute Gasteiger partial charge is 0.479 e. The molecule has 0 saturated heterocycles. The lowest BCUT2D eigenvalue weighted by atomic mass is 10.1. The number of fused-ring (bicyclic) bond motifs is 1. The van der Waals surface area contributed by atoms with Crippen molar-refractivity contribution < 1.29 is 19.1 Å². The highest BCUT2D eigenvalue weighted by Gasteiger charge is 2.25. The van der Waals surface area contributed by atoms with Gasteiger partial charge in [0.05, 0.1) is 5.69 Å². The van der Waals surface area contributed by atoms with Crippen LogP contribution in [0.4, 0.5) is 10.5 Å². The van der Waals surface area contributed by atoms with Crippen LogP contribution in [0.25, 0.3) is 0 Å². The Kier molecular flexibility index (Phi) is 6.56. The van der Waals surface area contributed by atoms with Crippen molar-refractivity contribution in [3.05, 3.63) is 58.6 Å². The summed E-state index contributed by atoms with van der Waals surface area (Å²) in [6, 6.07) is 13.1. The first-order valence-corrected chi connectivity index (χ1v) is 10.3. The summed E-state index contributed by atoms with van der Waals surface area (Å²) < 4.78 is 11.2. The zero-order chi connectivity index (χ0) is 21.9. The summed E-state index contributed by atoms with van der Waals surface area (Å²) in [4.78, 5) is 26.3. The maximum absolute atomic E-state index is 12.8. The molecule has 7 heteroatoms. The van der Waals surface area contributed by atoms with Crippen LogP contribution in [-0.4, -0.2) is 35.2 Å². The lowest BCUT2D eigenvalue weighted by Gasteiger charge is -2.28. The van der Waals surface area contributed by atoms with E-state index in [0.29, 0.717) is 36.0 Å². The third kappa shape index (κ3) is 5.89. The fraction of sp³-hybridized carbons (Fsp3) is 0.391. The van der Waals surface area contributed by atoms with Gasteiger partial charge >= 0.3 is 6.09 Å². The Morgan fingerprint density at radius 1 is 1.20 bits per heavy atom. The molecular formula is C23H27ClN2O4. The highest BCUT2D eigenvalue weighted by Crippen LogP contribution is 2.30. The van der Waals surface area contributed by atoms with Crippen molar-refractivity contribution in [2.45, 2.75) is 52.4 Å². The van der Waals surface area contributed by atoms with E-state index in [1.54, 1.807) is 17.9 Å². The van der Waals surface area contributed by atoms with Crippen molar-refractivity contribution in [1.82, 2.24) is 4.90 Å². The molecule has 0 aliphatic carbocycles. The summed E-state index contributed by atoms with van der Waals surface area (Å²) in [5, 5.41) is 3.48. The number of carbonyl (C=O) groups excluding carboxylic acids is 2. The highest BCUT2D eigenvalue weighted by molar-refractivity contribution is 6.30. The molecule has 2 aromatic carbocycles. The van der Waals surface area contributed by atoms with Gasteiger partial charge in [0, 0.05) is 18.1 Å². The van der Waals surface area contributed by atoms with E-state index in [1.807, 2.05) is 57.2 Å². The maximum Gasteiger partial charge on any atom is 0.410 e. The number of anilines is 1. The number of nitrogens with zero attached hydrogens (tertiary/aromatic N) is 1. The minimum atomic E-state index is -0.589. The number of rotatable bonds is 5. The molecule has 160 valence electrons. The molecule has 0 fully saturated rings. The molecule has 3 rings (SSSR count). The van der Waals surface area contributed by atoms with E-state index >= 15 is 0 Å². The van der Waals surface area contributed by atoms with E-state index in [4.69, 9.17) is 21.1 Å². The van der Waals surface area contributed by atoms with Gasteiger partial charge in [0.15, 0.2) is 6.10 Å². The highest BCUT2D eigenvalue weighted by atomic mass is 35.5. The Morgan fingerprint density at radius 3 is 2.67 bits per heavy atom. The normalized spacial score (nSPS) is 15.6. The second kappa shape index (κ2) is 8.96. The SMILES string of the molecule is CC1Oc2ccc(CCN(Cc3cccc(Cl)c3)C(=O)OC(C)(C)C)cc2NC1=O. The molecular weight excluding hydrogens is 404 g/mol. The zero-order valence-corrected chi connectivity index (χ0v) is 18.5. The van der Waals surface area contributed by atoms with Crippen LogP contribution in [0.15, 0.2) is 42.5 Å². The molecule has 1 aliphatic rings. The van der Waals surface area contributed by atoms with E-state index in [0.717, 1.165) is 11.1 Å². The molecule has 0 bridgehead atoms. The van der Waals surface area contributed by atoms with Crippen LogP contribution in [0.5, 0.6) is 5.75 Å². The molecule has 0 saturated carbocycles. The van der Waals surface area contributed by atoms with Gasteiger partial charge in [-0.15, -0.1) is 0 Å². The first kappa shape index (κ1) is 22.0. The van der Waals surface area contributed by atoms with E-state index in [9.17, 15) is 9.59 Å². The number of hydrogen-bond acceptors (Lipinski definition) is 4. The monoisotopic (exact) mass is 430 g/mol. The molecule has 2 amide bonds. The van der Waals surface area contributed by atoms with Crippen molar-refractivity contribution >= 4 is 29.3 Å². The number of benzene rings is 2. The molecule has 1 aliphatic heterocycles. The van der Waals surface area contributed by atoms with Gasteiger partial charge in [0.2, 0.25) is 0 Å². The average Bonchev–Trinajstić information content (AvgIpc) is 2.64. The fourth-order valence-electron chi connectivity index (χ4n) is 3.09. The van der Waals surface area contributed by atoms with Crippen molar-refractivity contribution in [1.29, 1.82) is 0 Å². The standard InChI is InChI=1S/C23H27ClN2O4/c1-15-21(27)25-19-13-16(8-9-20(19)29-15)10-11-26(22(28)30-23(2,3)4)14-17-6-5-7-18(24)12-17/h5-9,12-13,15H,10-11,14H2,1-4H3,(H,25,27). The second-order valence-electron chi connectivity index (χ2n) is 8.36. The topological polar surface area (TPSA) is 67.9 Å². The van der Waals surface area contributed by atoms with Crippen LogP contribution in [-0.2, 0) is 22.5 Å². The van der Waals surface area contributed by atoms with Gasteiger partial charge in [-0.25, -0.2) is 4.79 Å². The number of ether oxygens (including phenoxy) is 2. The molecule has 1 N–H and O–H groups in total. The first-order valence-electron chi connectivity index (χ1n) is 9.93. The molecule has 2 aromatic rings. The second-order valence-corrected chi connectivity index (χ2v) is 8.80. The predicted molar refractivity (Wildman–Crippen MR) is 117 cm³/mol. The van der Waals surface area contributed by atoms with Gasteiger partial charge in [-0.05, 0) is 69.5 Å². The molecule has 1 atom stereocenters. The van der Waals surface area contributed by atoms with Crippen molar-refractivity contribution in [3.8, 4) is 5.75 Å². The van der Waals surface area contributed by atoms with Gasteiger partial charge in [-0.1, -0.05) is 29.8 Å². The van der Waals surface area contributed by atoms with E-state index in [1.165, 1.54) is 0 Å². The zero-order valence-electron chi connectivity index (χ0n) is 17.7. The summed E-state index contributed by atoms with van der Waals surface area (Å²) in [6.07, 6.45) is -0.298. The molecule has 6 nitrogen and oxygen atoms in total. The molecule has 1 unspecified atom stereocenters. The molecule has 1 heterocycles. The van der Waals surface area contributed by atoms with E-state index in [-0.39, 0.29) is 12.0 Å². The maximum atomic E-state index is 12.8. The number of amides is 2. The van der Waals surface area contributed by atoms with Gasteiger partial charge in [0.25, 0.3) is 5.91 Å². The predicted octanol–water partition coefficient (Wildman–Crippen LogP) is 5.04. The lowest BCUT2D eigenvalue weighted by molar-refractivity contribution is -0.122. The summed E-state index contributed by atoms with van der Waals surface area (Å²) in [5.41, 5.74) is 1.96. The van der Waals surface area contributed by atoms with Crippen LogP contribution in [0, 0.1) is 0 Å². The first-order chi connectivity index (χ1) is 14.1. The van der Waals surface area contributed by atoms with Crippen LogP contribution in [0.3, 0.4) is 0 Å². The van der Waals surface area contributed by atoms with Crippen molar-refractivity contribution in [2.24, 2.45) is 0 Å². The number of halogens is 1. The van der Waals surface area contributed by atoms with Crippen molar-refractivity contribution in [2.75, 3.05) is 11.9 Å². The molecule has 0 aromatic heterocycles. The number of carbonyl (C=O) groups is 2. The van der Waals surface area contributed by atoms with E-state index < -0.39 is 11.7 Å². The third-order valence-electron chi connectivity index (χ3n) is 4.56. The Morgan fingerprint density at radius 2 is 1.97 bits per heavy atom. The minimum Gasteiger partial charge on any atom is -0.479 e. The molecule has 0 spiro atoms. The number of nitrogens with one attached hydrogen (secondary N) is 1. The Hall–Kier alpha value is -2.73. The molecule has 0 radical (unpaired) electrons. The van der Waals surface area contributed by atoms with E-state index in [2.05, 4.69) is 5.32 Å². The smallest absolute Gasteiger partial charge is 0.410 e. The van der Waals surface area contributed by atoms with Gasteiger partial charge < -0.3 is 19.7 Å². The number of hydrogen-bond donors (Lipinski definition) is 1. The summed E-state index contributed by atoms with van der Waals surface area (Å²) in [5.74, 6) is 0.477. The summed E-state index contributed by atoms with van der Waals surface area (Å²) >= 11 is 6.10. The average molecular weight is 431 g/mol. The summed E-state index contributed by atoms with van der Waals surface area (Å²) in [7, 11) is 0. The van der Waals surface area contributed by atoms with Gasteiger partial charge in [0.1, 0.15) is 11.4 Å². The van der Waals surface area contributed by atoms with Gasteiger partial charge in [-0.2, -0.15) is 0 Å². The minimum absolute atomic E-state index is 0.170. The quantitative estimate of drug-likeness (QED) is 0.721. The Labute approximate surface area is 182 Å². The summed E-state index contributed by atoms with van der Waals surface area (Å²) in [6.45, 7) is 8.07. The van der Waals surface area contributed by atoms with Crippen LogP contribution in [0.1, 0.15) is 38.8 Å². The van der Waals surface area contributed by atoms with Crippen LogP contribution in [0.2, 0.25) is 5.02 Å². The van der Waals surface area contributed by atoms with Crippen molar-refractivity contribution in [3.63, 3.8) is 0 Å². The lowest BCUT2D eigenvalue weighted by Crippen LogP contribution is -2.37. The third-order valence-corrected chi connectivity index (χ3v) is 4.79. The Bertz CT molecular complexity index is 939. The fourth-order valence-corrected chi connectivity index (χ4v) is 3.31. The van der Waals surface area contributed by atoms with Crippen LogP contribution < -0.4 is 10.1 Å².